The minimum atomic E-state index is -0.0773. The zero-order valence-corrected chi connectivity index (χ0v) is 10.3. The van der Waals surface area contributed by atoms with Gasteiger partial charge in [0.2, 0.25) is 0 Å². The lowest BCUT2D eigenvalue weighted by Gasteiger charge is -2.16. The number of aldehydes is 1. The first-order valence-corrected chi connectivity index (χ1v) is 6.37. The van der Waals surface area contributed by atoms with Gasteiger partial charge in [-0.3, -0.25) is 4.79 Å². The van der Waals surface area contributed by atoms with Crippen molar-refractivity contribution < 1.29 is 14.3 Å². The minimum Gasteiger partial charge on any atom is -0.489 e. The number of fused-ring (bicyclic) bond motifs is 1. The van der Waals surface area contributed by atoms with Gasteiger partial charge in [0.25, 0.3) is 0 Å². The predicted molar refractivity (Wildman–Crippen MR) is 67.3 cm³/mol. The van der Waals surface area contributed by atoms with E-state index in [2.05, 4.69) is 0 Å². The second-order valence-corrected chi connectivity index (χ2v) is 5.18. The quantitative estimate of drug-likeness (QED) is 0.826. The number of hydrogen-bond donors (Lipinski definition) is 1. The van der Waals surface area contributed by atoms with Crippen molar-refractivity contribution >= 4 is 6.29 Å². The van der Waals surface area contributed by atoms with Gasteiger partial charge in [-0.2, -0.15) is 0 Å². The van der Waals surface area contributed by atoms with Gasteiger partial charge in [0.1, 0.15) is 0 Å². The van der Waals surface area contributed by atoms with Gasteiger partial charge in [-0.25, -0.2) is 0 Å². The molecule has 4 nitrogen and oxygen atoms in total. The summed E-state index contributed by atoms with van der Waals surface area (Å²) in [7, 11) is 0. The van der Waals surface area contributed by atoms with E-state index in [0.717, 1.165) is 37.5 Å². The first-order valence-electron chi connectivity index (χ1n) is 6.37. The highest BCUT2D eigenvalue weighted by Crippen LogP contribution is 2.42. The third kappa shape index (κ3) is 2.08. The van der Waals surface area contributed by atoms with Crippen LogP contribution in [0.4, 0.5) is 0 Å². The molecule has 1 aromatic carbocycles. The molecule has 0 saturated heterocycles. The molecule has 0 radical (unpaired) electrons. The highest BCUT2D eigenvalue weighted by Gasteiger charge is 2.39. The van der Waals surface area contributed by atoms with Crippen molar-refractivity contribution in [1.82, 2.24) is 0 Å². The molecule has 4 heteroatoms. The lowest BCUT2D eigenvalue weighted by atomic mass is 10.0. The molecule has 1 aliphatic heterocycles. The molecular weight excluding hydrogens is 230 g/mol. The summed E-state index contributed by atoms with van der Waals surface area (Å²) in [6, 6.07) is 3.73. The van der Waals surface area contributed by atoms with Crippen LogP contribution in [-0.4, -0.2) is 25.0 Å². The zero-order chi connectivity index (χ0) is 12.6. The minimum absolute atomic E-state index is 0.0773. The summed E-state index contributed by atoms with van der Waals surface area (Å²) >= 11 is 0. The second-order valence-electron chi connectivity index (χ2n) is 5.18. The van der Waals surface area contributed by atoms with E-state index >= 15 is 0 Å². The average molecular weight is 247 g/mol. The van der Waals surface area contributed by atoms with E-state index in [0.29, 0.717) is 30.3 Å². The largest absolute Gasteiger partial charge is 0.489 e. The number of carbonyl (C=O) groups is 1. The molecule has 0 unspecified atom stereocenters. The average Bonchev–Trinajstić information content (AvgIpc) is 3.12. The number of nitrogens with two attached hydrogens (primary N) is 1. The molecule has 1 fully saturated rings. The van der Waals surface area contributed by atoms with Crippen molar-refractivity contribution in [2.75, 3.05) is 13.2 Å². The molecule has 2 aliphatic rings. The number of hydrogen-bond acceptors (Lipinski definition) is 4. The van der Waals surface area contributed by atoms with Crippen molar-refractivity contribution in [3.05, 3.63) is 23.3 Å². The SMILES string of the molecule is NC1(Cc2ccc(C=O)c3c2OCCCO3)CC1. The van der Waals surface area contributed by atoms with E-state index < -0.39 is 0 Å². The van der Waals surface area contributed by atoms with Gasteiger partial charge in [-0.1, -0.05) is 6.07 Å². The van der Waals surface area contributed by atoms with Gasteiger partial charge in [0.15, 0.2) is 17.8 Å². The standard InChI is InChI=1S/C14H17NO3/c15-14(4-5-14)8-10-2-3-11(9-16)13-12(10)17-6-1-7-18-13/h2-3,9H,1,4-8,15H2. The molecule has 0 bridgehead atoms. The molecule has 1 aromatic rings. The van der Waals surface area contributed by atoms with Gasteiger partial charge in [0, 0.05) is 12.0 Å². The van der Waals surface area contributed by atoms with E-state index in [1.165, 1.54) is 0 Å². The predicted octanol–water partition coefficient (Wildman–Crippen LogP) is 1.69. The summed E-state index contributed by atoms with van der Waals surface area (Å²) in [4.78, 5) is 11.0. The molecule has 0 atom stereocenters. The van der Waals surface area contributed by atoms with Crippen LogP contribution < -0.4 is 15.2 Å². The van der Waals surface area contributed by atoms with Crippen molar-refractivity contribution in [2.45, 2.75) is 31.2 Å². The van der Waals surface area contributed by atoms with Gasteiger partial charge in [-0.15, -0.1) is 0 Å². The summed E-state index contributed by atoms with van der Waals surface area (Å²) in [5.74, 6) is 1.30. The molecular formula is C14H17NO3. The monoisotopic (exact) mass is 247 g/mol. The molecule has 18 heavy (non-hydrogen) atoms. The van der Waals surface area contributed by atoms with E-state index in [-0.39, 0.29) is 5.54 Å². The Morgan fingerprint density at radius 3 is 2.61 bits per heavy atom. The van der Waals surface area contributed by atoms with Crippen LogP contribution in [0.1, 0.15) is 35.2 Å². The van der Waals surface area contributed by atoms with Crippen molar-refractivity contribution in [2.24, 2.45) is 5.73 Å². The smallest absolute Gasteiger partial charge is 0.171 e. The Morgan fingerprint density at radius 2 is 1.94 bits per heavy atom. The van der Waals surface area contributed by atoms with E-state index in [1.54, 1.807) is 6.07 Å². The topological polar surface area (TPSA) is 61.6 Å². The Bertz CT molecular complexity index is 480. The highest BCUT2D eigenvalue weighted by atomic mass is 16.5. The van der Waals surface area contributed by atoms with Gasteiger partial charge < -0.3 is 15.2 Å². The Kier molecular flexibility index (Phi) is 2.74. The third-order valence-electron chi connectivity index (χ3n) is 3.57. The Labute approximate surface area is 106 Å². The maximum atomic E-state index is 11.0. The number of benzene rings is 1. The zero-order valence-electron chi connectivity index (χ0n) is 10.3. The molecule has 2 N–H and O–H groups in total. The van der Waals surface area contributed by atoms with E-state index in [4.69, 9.17) is 15.2 Å². The first kappa shape index (κ1) is 11.5. The summed E-state index contributed by atoms with van der Waals surface area (Å²) in [6.07, 6.45) is 4.54. The van der Waals surface area contributed by atoms with Gasteiger partial charge >= 0.3 is 0 Å². The van der Waals surface area contributed by atoms with Crippen LogP contribution >= 0.6 is 0 Å². The van der Waals surface area contributed by atoms with Crippen molar-refractivity contribution in [3.8, 4) is 11.5 Å². The Balaban J connectivity index is 2.01. The molecule has 0 amide bonds. The van der Waals surface area contributed by atoms with Crippen LogP contribution in [0.3, 0.4) is 0 Å². The molecule has 3 rings (SSSR count). The summed E-state index contributed by atoms with van der Waals surface area (Å²) in [6.45, 7) is 1.21. The Morgan fingerprint density at radius 1 is 1.22 bits per heavy atom. The number of rotatable bonds is 3. The maximum Gasteiger partial charge on any atom is 0.171 e. The van der Waals surface area contributed by atoms with E-state index in [9.17, 15) is 4.79 Å². The van der Waals surface area contributed by atoms with Crippen molar-refractivity contribution in [3.63, 3.8) is 0 Å². The van der Waals surface area contributed by atoms with Crippen LogP contribution in [0.25, 0.3) is 0 Å². The molecule has 1 aliphatic carbocycles. The summed E-state index contributed by atoms with van der Waals surface area (Å²) in [5.41, 5.74) is 7.68. The number of ether oxygens (including phenoxy) is 2. The lowest BCUT2D eigenvalue weighted by molar-refractivity contribution is 0.111. The fourth-order valence-corrected chi connectivity index (χ4v) is 2.28. The molecule has 1 heterocycles. The van der Waals surface area contributed by atoms with E-state index in [1.807, 2.05) is 6.07 Å². The fraction of sp³-hybridized carbons (Fsp3) is 0.500. The maximum absolute atomic E-state index is 11.0. The first-order chi connectivity index (χ1) is 8.72. The normalized spacial score (nSPS) is 20.1. The fourth-order valence-electron chi connectivity index (χ4n) is 2.28. The van der Waals surface area contributed by atoms with Crippen LogP contribution in [-0.2, 0) is 6.42 Å². The highest BCUT2D eigenvalue weighted by molar-refractivity contribution is 5.82. The molecule has 0 spiro atoms. The molecule has 1 saturated carbocycles. The second kappa shape index (κ2) is 4.28. The molecule has 0 aromatic heterocycles. The summed E-state index contributed by atoms with van der Waals surface area (Å²) < 4.78 is 11.4. The summed E-state index contributed by atoms with van der Waals surface area (Å²) in [5, 5.41) is 0. The van der Waals surface area contributed by atoms with Crippen LogP contribution in [0.5, 0.6) is 11.5 Å². The van der Waals surface area contributed by atoms with Gasteiger partial charge in [-0.05, 0) is 30.9 Å². The van der Waals surface area contributed by atoms with Crippen LogP contribution in [0.2, 0.25) is 0 Å². The molecule has 96 valence electrons. The van der Waals surface area contributed by atoms with Crippen LogP contribution in [0, 0.1) is 0 Å². The lowest BCUT2D eigenvalue weighted by Crippen LogP contribution is -2.24. The number of carbonyl (C=O) groups excluding carboxylic acids is 1. The van der Waals surface area contributed by atoms with Gasteiger partial charge in [0.05, 0.1) is 18.8 Å². The Hall–Kier alpha value is -1.55. The van der Waals surface area contributed by atoms with Crippen LogP contribution in [0.15, 0.2) is 12.1 Å². The third-order valence-corrected chi connectivity index (χ3v) is 3.57. The van der Waals surface area contributed by atoms with Crippen molar-refractivity contribution in [1.29, 1.82) is 0 Å².